The molecule has 0 aromatic heterocycles. The SMILES string of the molecule is Cc1ccc(C(C)N2CCCC2C(=O)O)c(C)c1. The number of carbonyl (C=O) groups is 1. The second kappa shape index (κ2) is 5.11. The second-order valence-corrected chi connectivity index (χ2v) is 5.27. The van der Waals surface area contributed by atoms with E-state index in [4.69, 9.17) is 0 Å². The summed E-state index contributed by atoms with van der Waals surface area (Å²) in [6.07, 6.45) is 1.75. The van der Waals surface area contributed by atoms with Crippen molar-refractivity contribution in [3.05, 3.63) is 34.9 Å². The van der Waals surface area contributed by atoms with Gasteiger partial charge in [0.2, 0.25) is 0 Å². The molecule has 3 heteroatoms. The lowest BCUT2D eigenvalue weighted by atomic mass is 9.98. The highest BCUT2D eigenvalue weighted by Gasteiger charge is 2.34. The summed E-state index contributed by atoms with van der Waals surface area (Å²) in [5.74, 6) is -0.691. The number of hydrogen-bond acceptors (Lipinski definition) is 2. The van der Waals surface area contributed by atoms with E-state index in [1.807, 2.05) is 0 Å². The van der Waals surface area contributed by atoms with Crippen molar-refractivity contribution in [3.63, 3.8) is 0 Å². The van der Waals surface area contributed by atoms with Crippen molar-refractivity contribution >= 4 is 5.97 Å². The van der Waals surface area contributed by atoms with Gasteiger partial charge in [-0.15, -0.1) is 0 Å². The Labute approximate surface area is 108 Å². The number of benzene rings is 1. The third-order valence-electron chi connectivity index (χ3n) is 3.95. The van der Waals surface area contributed by atoms with E-state index < -0.39 is 5.97 Å². The third-order valence-corrected chi connectivity index (χ3v) is 3.95. The van der Waals surface area contributed by atoms with Gasteiger partial charge >= 0.3 is 5.97 Å². The number of aliphatic carboxylic acids is 1. The summed E-state index contributed by atoms with van der Waals surface area (Å²) in [5.41, 5.74) is 3.74. The molecule has 0 bridgehead atoms. The smallest absolute Gasteiger partial charge is 0.320 e. The van der Waals surface area contributed by atoms with Gasteiger partial charge in [0.1, 0.15) is 6.04 Å². The fourth-order valence-electron chi connectivity index (χ4n) is 2.99. The van der Waals surface area contributed by atoms with E-state index in [1.54, 1.807) is 0 Å². The van der Waals surface area contributed by atoms with Crippen LogP contribution in [-0.4, -0.2) is 28.6 Å². The maximum atomic E-state index is 11.2. The summed E-state index contributed by atoms with van der Waals surface area (Å²) < 4.78 is 0. The highest BCUT2D eigenvalue weighted by Crippen LogP contribution is 2.31. The minimum atomic E-state index is -0.691. The Morgan fingerprint density at radius 2 is 2.17 bits per heavy atom. The Morgan fingerprint density at radius 1 is 1.44 bits per heavy atom. The monoisotopic (exact) mass is 247 g/mol. The average molecular weight is 247 g/mol. The Bertz CT molecular complexity index is 456. The van der Waals surface area contributed by atoms with Crippen LogP contribution in [0.2, 0.25) is 0 Å². The van der Waals surface area contributed by atoms with Gasteiger partial charge in [-0.25, -0.2) is 0 Å². The molecular weight excluding hydrogens is 226 g/mol. The van der Waals surface area contributed by atoms with Crippen molar-refractivity contribution in [1.82, 2.24) is 4.90 Å². The Morgan fingerprint density at radius 3 is 2.78 bits per heavy atom. The average Bonchev–Trinajstić information content (AvgIpc) is 2.77. The van der Waals surface area contributed by atoms with Gasteiger partial charge in [-0.2, -0.15) is 0 Å². The molecule has 2 unspecified atom stereocenters. The highest BCUT2D eigenvalue weighted by atomic mass is 16.4. The zero-order chi connectivity index (χ0) is 13.3. The van der Waals surface area contributed by atoms with Gasteiger partial charge in [-0.05, 0) is 51.3 Å². The molecule has 1 N–H and O–H groups in total. The van der Waals surface area contributed by atoms with Crippen LogP contribution < -0.4 is 0 Å². The molecule has 1 aromatic rings. The molecule has 1 aliphatic rings. The molecule has 0 spiro atoms. The van der Waals surface area contributed by atoms with Crippen LogP contribution in [0.15, 0.2) is 18.2 Å². The molecule has 1 fully saturated rings. The molecular formula is C15H21NO2. The molecule has 0 aliphatic carbocycles. The van der Waals surface area contributed by atoms with E-state index in [1.165, 1.54) is 16.7 Å². The third kappa shape index (κ3) is 2.41. The van der Waals surface area contributed by atoms with E-state index >= 15 is 0 Å². The Hall–Kier alpha value is -1.35. The number of carboxylic acid groups (broad SMARTS) is 1. The van der Waals surface area contributed by atoms with Crippen LogP contribution in [-0.2, 0) is 4.79 Å². The van der Waals surface area contributed by atoms with Gasteiger partial charge in [0, 0.05) is 6.04 Å². The molecule has 98 valence electrons. The van der Waals surface area contributed by atoms with E-state index in [2.05, 4.69) is 43.9 Å². The molecule has 1 saturated heterocycles. The van der Waals surface area contributed by atoms with E-state index in [0.29, 0.717) is 0 Å². The zero-order valence-corrected chi connectivity index (χ0v) is 11.3. The summed E-state index contributed by atoms with van der Waals surface area (Å²) >= 11 is 0. The van der Waals surface area contributed by atoms with Gasteiger partial charge in [0.15, 0.2) is 0 Å². The Balaban J connectivity index is 2.25. The fraction of sp³-hybridized carbons (Fsp3) is 0.533. The van der Waals surface area contributed by atoms with Crippen molar-refractivity contribution < 1.29 is 9.90 Å². The van der Waals surface area contributed by atoms with Gasteiger partial charge in [-0.3, -0.25) is 9.69 Å². The normalized spacial score (nSPS) is 22.1. The molecule has 1 heterocycles. The maximum Gasteiger partial charge on any atom is 0.320 e. The topological polar surface area (TPSA) is 40.5 Å². The minimum absolute atomic E-state index is 0.175. The summed E-state index contributed by atoms with van der Waals surface area (Å²) in [7, 11) is 0. The first-order valence-electron chi connectivity index (χ1n) is 6.56. The molecule has 2 rings (SSSR count). The molecule has 0 amide bonds. The summed E-state index contributed by atoms with van der Waals surface area (Å²) in [6.45, 7) is 7.17. The lowest BCUT2D eigenvalue weighted by molar-refractivity contribution is -0.142. The van der Waals surface area contributed by atoms with Crippen molar-refractivity contribution in [2.24, 2.45) is 0 Å². The first-order valence-corrected chi connectivity index (χ1v) is 6.56. The second-order valence-electron chi connectivity index (χ2n) is 5.27. The predicted octanol–water partition coefficient (Wildman–Crippen LogP) is 2.91. The van der Waals surface area contributed by atoms with Gasteiger partial charge in [-0.1, -0.05) is 23.8 Å². The lowest BCUT2D eigenvalue weighted by Gasteiger charge is -2.29. The number of rotatable bonds is 3. The number of hydrogen-bond donors (Lipinski definition) is 1. The molecule has 1 aromatic carbocycles. The standard InChI is InChI=1S/C15H21NO2/c1-10-6-7-13(11(2)9-10)12(3)16-8-4-5-14(16)15(17)18/h6-7,9,12,14H,4-5,8H2,1-3H3,(H,17,18). The lowest BCUT2D eigenvalue weighted by Crippen LogP contribution is -2.37. The molecule has 1 aliphatic heterocycles. The summed E-state index contributed by atoms with van der Waals surface area (Å²) in [4.78, 5) is 13.4. The molecule has 18 heavy (non-hydrogen) atoms. The van der Waals surface area contributed by atoms with Crippen molar-refractivity contribution in [3.8, 4) is 0 Å². The number of carboxylic acids is 1. The van der Waals surface area contributed by atoms with Gasteiger partial charge in [0.05, 0.1) is 0 Å². The van der Waals surface area contributed by atoms with Crippen LogP contribution in [0.4, 0.5) is 0 Å². The first-order chi connectivity index (χ1) is 8.50. The minimum Gasteiger partial charge on any atom is -0.480 e. The molecule has 2 atom stereocenters. The number of nitrogens with zero attached hydrogens (tertiary/aromatic N) is 1. The number of aryl methyl sites for hydroxylation is 2. The van der Waals surface area contributed by atoms with E-state index in [0.717, 1.165) is 19.4 Å². The number of likely N-dealkylation sites (tertiary alicyclic amines) is 1. The molecule has 0 saturated carbocycles. The highest BCUT2D eigenvalue weighted by molar-refractivity contribution is 5.73. The van der Waals surface area contributed by atoms with Crippen molar-refractivity contribution in [1.29, 1.82) is 0 Å². The first kappa shape index (κ1) is 13.1. The van der Waals surface area contributed by atoms with Crippen LogP contribution >= 0.6 is 0 Å². The van der Waals surface area contributed by atoms with Gasteiger partial charge < -0.3 is 5.11 Å². The van der Waals surface area contributed by atoms with Crippen molar-refractivity contribution in [2.75, 3.05) is 6.54 Å². The van der Waals surface area contributed by atoms with Crippen LogP contribution in [0, 0.1) is 13.8 Å². The quantitative estimate of drug-likeness (QED) is 0.892. The van der Waals surface area contributed by atoms with E-state index in [-0.39, 0.29) is 12.1 Å². The van der Waals surface area contributed by atoms with Crippen LogP contribution in [0.3, 0.4) is 0 Å². The van der Waals surface area contributed by atoms with Crippen LogP contribution in [0.1, 0.15) is 42.5 Å². The maximum absolute atomic E-state index is 11.2. The fourth-order valence-corrected chi connectivity index (χ4v) is 2.99. The van der Waals surface area contributed by atoms with Gasteiger partial charge in [0.25, 0.3) is 0 Å². The van der Waals surface area contributed by atoms with E-state index in [9.17, 15) is 9.90 Å². The summed E-state index contributed by atoms with van der Waals surface area (Å²) in [6, 6.07) is 6.25. The molecule has 0 radical (unpaired) electrons. The zero-order valence-electron chi connectivity index (χ0n) is 11.3. The predicted molar refractivity (Wildman–Crippen MR) is 71.7 cm³/mol. The van der Waals surface area contributed by atoms with Crippen LogP contribution in [0.5, 0.6) is 0 Å². The Kier molecular flexibility index (Phi) is 3.71. The molecule has 3 nitrogen and oxygen atoms in total. The largest absolute Gasteiger partial charge is 0.480 e. The summed E-state index contributed by atoms with van der Waals surface area (Å²) in [5, 5.41) is 9.25. The van der Waals surface area contributed by atoms with Crippen molar-refractivity contribution in [2.45, 2.75) is 45.7 Å². The van der Waals surface area contributed by atoms with Crippen LogP contribution in [0.25, 0.3) is 0 Å².